The second kappa shape index (κ2) is 14.7. The number of aromatic amines is 4. The Morgan fingerprint density at radius 1 is 0.714 bits per heavy atom. The van der Waals surface area contributed by atoms with Crippen LogP contribution in [0.5, 0.6) is 0 Å². The molecule has 56 heavy (non-hydrogen) atoms. The van der Waals surface area contributed by atoms with Crippen molar-refractivity contribution < 1.29 is 24.0 Å². The van der Waals surface area contributed by atoms with Gasteiger partial charge in [0.15, 0.2) is 12.2 Å². The Kier molecular flexibility index (Phi) is 9.72. The number of hydrogen-bond acceptors (Lipinski definition) is 13. The molecular formula is C34H41N12O10+. The molecule has 296 valence electrons. The van der Waals surface area contributed by atoms with E-state index in [0.717, 1.165) is 0 Å². The second-order valence-electron chi connectivity index (χ2n) is 14.6. The first-order chi connectivity index (χ1) is 26.8. The number of aromatic nitrogens is 12. The van der Waals surface area contributed by atoms with E-state index in [0.29, 0.717) is 53.8 Å². The Hall–Kier alpha value is -5.84. The fourth-order valence-electron chi connectivity index (χ4n) is 7.75. The Bertz CT molecular complexity index is 2630. The van der Waals surface area contributed by atoms with Crippen LogP contribution in [0, 0.1) is 20.8 Å². The molecule has 0 aliphatic carbocycles. The smallest absolute Gasteiger partial charge is 0.330 e. The molecule has 22 nitrogen and oxygen atoms in total. The van der Waals surface area contributed by atoms with Gasteiger partial charge < -0.3 is 19.3 Å². The van der Waals surface area contributed by atoms with E-state index in [1.165, 1.54) is 32.3 Å². The number of H-pyrrole nitrogens is 4. The quantitative estimate of drug-likeness (QED) is 0.0960. The third-order valence-corrected chi connectivity index (χ3v) is 10.7. The molecule has 5 N–H and O–H groups in total. The van der Waals surface area contributed by atoms with Crippen LogP contribution in [-0.4, -0.2) is 84.0 Å². The van der Waals surface area contributed by atoms with Gasteiger partial charge in [-0.25, -0.2) is 19.1 Å². The van der Waals surface area contributed by atoms with Gasteiger partial charge in [0.25, 0.3) is 16.7 Å². The summed E-state index contributed by atoms with van der Waals surface area (Å²) in [7, 11) is 0. The molecule has 0 aromatic carbocycles. The van der Waals surface area contributed by atoms with Crippen LogP contribution in [0.1, 0.15) is 84.5 Å². The van der Waals surface area contributed by atoms with E-state index in [1.54, 1.807) is 36.3 Å². The fourth-order valence-corrected chi connectivity index (χ4v) is 7.75. The van der Waals surface area contributed by atoms with Gasteiger partial charge in [0, 0.05) is 72.3 Å². The van der Waals surface area contributed by atoms with Crippen LogP contribution in [0.2, 0.25) is 0 Å². The van der Waals surface area contributed by atoms with Gasteiger partial charge in [-0.15, -0.1) is 5.10 Å². The Balaban J connectivity index is 1.01. The minimum atomic E-state index is -0.766. The predicted octanol–water partition coefficient (Wildman–Crippen LogP) is -2.02. The molecule has 0 amide bonds. The van der Waals surface area contributed by atoms with Crippen molar-refractivity contribution >= 4 is 0 Å². The maximum Gasteiger partial charge on any atom is 0.330 e. The monoisotopic (exact) mass is 777 g/mol. The van der Waals surface area contributed by atoms with Gasteiger partial charge >= 0.3 is 17.1 Å². The number of nitrogens with one attached hydrogen (secondary N) is 4. The molecule has 8 atom stereocenters. The summed E-state index contributed by atoms with van der Waals surface area (Å²) >= 11 is 0. The third-order valence-electron chi connectivity index (χ3n) is 10.7. The van der Waals surface area contributed by atoms with Gasteiger partial charge in [0.05, 0.1) is 24.4 Å². The van der Waals surface area contributed by atoms with Gasteiger partial charge in [-0.3, -0.25) is 43.0 Å². The lowest BCUT2D eigenvalue weighted by Gasteiger charge is -2.16. The Labute approximate surface area is 314 Å². The maximum atomic E-state index is 12.9. The molecule has 0 saturated carbocycles. The molecule has 3 aliphatic rings. The molecule has 8 unspecified atom stereocenters. The maximum absolute atomic E-state index is 12.9. The molecule has 8 rings (SSSR count). The van der Waals surface area contributed by atoms with Crippen molar-refractivity contribution in [3.05, 3.63) is 122 Å². The zero-order chi connectivity index (χ0) is 39.4. The lowest BCUT2D eigenvalue weighted by atomic mass is 10.1. The van der Waals surface area contributed by atoms with Crippen LogP contribution >= 0.6 is 0 Å². The largest absolute Gasteiger partial charge is 0.394 e. The van der Waals surface area contributed by atoms with Crippen LogP contribution in [0.15, 0.2) is 59.8 Å². The first-order valence-electron chi connectivity index (χ1n) is 18.2. The molecule has 22 heteroatoms. The van der Waals surface area contributed by atoms with Crippen molar-refractivity contribution in [1.82, 2.24) is 54.0 Å². The summed E-state index contributed by atoms with van der Waals surface area (Å²) in [6.45, 7) is 4.45. The summed E-state index contributed by atoms with van der Waals surface area (Å²) in [6.07, 6.45) is 6.90. The van der Waals surface area contributed by atoms with Crippen molar-refractivity contribution in [2.75, 3.05) is 6.61 Å². The van der Waals surface area contributed by atoms with Crippen molar-refractivity contribution in [3.63, 3.8) is 0 Å². The van der Waals surface area contributed by atoms with E-state index >= 15 is 0 Å². The molecule has 3 fully saturated rings. The summed E-state index contributed by atoms with van der Waals surface area (Å²) in [6, 6.07) is -0.875. The molecular weight excluding hydrogens is 736 g/mol. The summed E-state index contributed by atoms with van der Waals surface area (Å²) in [5, 5.41) is 26.5. The summed E-state index contributed by atoms with van der Waals surface area (Å²) in [5.41, 5.74) is -0.872. The van der Waals surface area contributed by atoms with E-state index in [2.05, 4.69) is 35.6 Å². The van der Waals surface area contributed by atoms with Crippen LogP contribution in [0.4, 0.5) is 0 Å². The summed E-state index contributed by atoms with van der Waals surface area (Å²) < 4.78 is 26.1. The number of nitrogens with zero attached hydrogens (tertiary/aromatic N) is 8. The number of aliphatic hydroxyl groups excluding tert-OH is 1. The lowest BCUT2D eigenvalue weighted by molar-refractivity contribution is -0.779. The number of hydrogen-bond donors (Lipinski definition) is 5. The van der Waals surface area contributed by atoms with E-state index in [-0.39, 0.29) is 31.6 Å². The SMILES string of the molecule is Cc1cn(C2CCC(Cc3c[n+](C4CC(n5cc(C)c(=O)[nH]c5=O)OC4Cc4cn(C5CC(n6cc(C)c(=O)[nH]c6=O)OC5CO)nn4)[nH]n3)O2)c(=O)[nH]c1=O. The molecule has 3 aliphatic heterocycles. The zero-order valence-corrected chi connectivity index (χ0v) is 30.7. The average Bonchev–Trinajstić information content (AvgIpc) is 4.01. The van der Waals surface area contributed by atoms with Gasteiger partial charge in [-0.1, -0.05) is 10.4 Å². The van der Waals surface area contributed by atoms with Crippen LogP contribution in [0.3, 0.4) is 0 Å². The molecule has 5 aromatic rings. The molecule has 0 bridgehead atoms. The third kappa shape index (κ3) is 7.06. The second-order valence-corrected chi connectivity index (χ2v) is 14.6. The molecule has 3 saturated heterocycles. The highest BCUT2D eigenvalue weighted by atomic mass is 16.5. The van der Waals surface area contributed by atoms with Crippen LogP contribution in [0.25, 0.3) is 0 Å². The minimum Gasteiger partial charge on any atom is -0.394 e. The number of aliphatic hydroxyl groups is 1. The predicted molar refractivity (Wildman–Crippen MR) is 190 cm³/mol. The fraction of sp³-hybridized carbons (Fsp3) is 0.529. The zero-order valence-electron chi connectivity index (χ0n) is 30.7. The minimum absolute atomic E-state index is 0.245. The average molecular weight is 778 g/mol. The lowest BCUT2D eigenvalue weighted by Crippen LogP contribution is -2.45. The number of ether oxygens (including phenoxy) is 3. The Morgan fingerprint density at radius 2 is 1.29 bits per heavy atom. The topological polar surface area (TPSA) is 276 Å². The van der Waals surface area contributed by atoms with Crippen molar-refractivity contribution in [2.45, 2.75) is 108 Å². The van der Waals surface area contributed by atoms with E-state index in [4.69, 9.17) is 14.2 Å². The van der Waals surface area contributed by atoms with Crippen LogP contribution < -0.4 is 38.4 Å². The van der Waals surface area contributed by atoms with Crippen molar-refractivity contribution in [2.24, 2.45) is 0 Å². The highest BCUT2D eigenvalue weighted by Gasteiger charge is 2.43. The van der Waals surface area contributed by atoms with E-state index < -0.39 is 70.7 Å². The highest BCUT2D eigenvalue weighted by molar-refractivity contribution is 5.06. The molecule has 0 spiro atoms. The Morgan fingerprint density at radius 3 is 1.89 bits per heavy atom. The standard InChI is InChI=1S/C34H40N12O10/c1-16-10-42(32(51)35-29(16)48)26-5-4-21(54-26)6-19-13-45(40-38-19)22-8-27(43-11-17(2)30(49)36-33(43)52)55-24(22)7-20-14-46(41-39-20)23-9-28(56-25(23)15-47)44-12-18(3)31(50)37-34(44)53/h10-14,21-28,47H,4-9,15H2,1-3H3,(H3,35,36,37,48,49,50,51,52,53)/p+1. The van der Waals surface area contributed by atoms with E-state index in [9.17, 15) is 33.9 Å². The molecule has 8 heterocycles. The first kappa shape index (κ1) is 37.1. The van der Waals surface area contributed by atoms with Crippen molar-refractivity contribution in [3.8, 4) is 0 Å². The number of rotatable bonds is 10. The van der Waals surface area contributed by atoms with Gasteiger partial charge in [0.2, 0.25) is 5.69 Å². The highest BCUT2D eigenvalue weighted by Crippen LogP contribution is 2.37. The van der Waals surface area contributed by atoms with E-state index in [1.807, 2.05) is 6.20 Å². The van der Waals surface area contributed by atoms with Crippen molar-refractivity contribution in [1.29, 1.82) is 0 Å². The van der Waals surface area contributed by atoms with Crippen LogP contribution in [-0.2, 0) is 27.1 Å². The van der Waals surface area contributed by atoms with Gasteiger partial charge in [-0.2, -0.15) is 4.68 Å². The first-order valence-corrected chi connectivity index (χ1v) is 18.2. The number of aryl methyl sites for hydroxylation is 3. The van der Waals surface area contributed by atoms with Gasteiger partial charge in [-0.05, 0) is 33.6 Å². The summed E-state index contributed by atoms with van der Waals surface area (Å²) in [4.78, 5) is 80.8. The normalized spacial score (nSPS) is 26.4. The molecule has 5 aromatic heterocycles. The van der Waals surface area contributed by atoms with Gasteiger partial charge in [0.1, 0.15) is 30.9 Å². The molecule has 0 radical (unpaired) electrons. The summed E-state index contributed by atoms with van der Waals surface area (Å²) in [5.74, 6) is 0.